The maximum absolute atomic E-state index is 14.5. The van der Waals surface area contributed by atoms with Crippen LogP contribution < -0.4 is 9.64 Å². The number of carboxylic acid groups (broad SMARTS) is 1. The van der Waals surface area contributed by atoms with Gasteiger partial charge < -0.3 is 25.0 Å². The molecular formula is C20H24F2N4O5. The molecule has 0 amide bonds. The van der Waals surface area contributed by atoms with Gasteiger partial charge in [-0.05, 0) is 39.1 Å². The Kier molecular flexibility index (Phi) is 5.63. The lowest BCUT2D eigenvalue weighted by Crippen LogP contribution is -2.58. The number of aliphatic imine (C=N–C) groups is 2. The lowest BCUT2D eigenvalue weighted by Gasteiger charge is -2.37. The second-order valence-electron chi connectivity index (χ2n) is 7.96. The summed E-state index contributed by atoms with van der Waals surface area (Å²) in [6.45, 7) is 3.53. The minimum Gasteiger partial charge on any atom is -0.480 e. The van der Waals surface area contributed by atoms with E-state index in [1.807, 2.05) is 0 Å². The van der Waals surface area contributed by atoms with Gasteiger partial charge in [0.15, 0.2) is 5.83 Å². The van der Waals surface area contributed by atoms with Gasteiger partial charge in [0.1, 0.15) is 17.5 Å². The van der Waals surface area contributed by atoms with E-state index in [0.717, 1.165) is 0 Å². The zero-order valence-corrected chi connectivity index (χ0v) is 17.5. The fraction of sp³-hybridized carbons (Fsp3) is 0.450. The fourth-order valence-electron chi connectivity index (χ4n) is 3.14. The number of anilines is 1. The third kappa shape index (κ3) is 3.80. The Morgan fingerprint density at radius 2 is 2.06 bits per heavy atom. The molecule has 0 aromatic heterocycles. The Morgan fingerprint density at radius 3 is 2.61 bits per heavy atom. The van der Waals surface area contributed by atoms with Gasteiger partial charge in [0.2, 0.25) is 0 Å². The molecule has 1 aromatic carbocycles. The van der Waals surface area contributed by atoms with Crippen LogP contribution in [0.3, 0.4) is 0 Å². The molecular weight excluding hydrogens is 414 g/mol. The minimum absolute atomic E-state index is 0.154. The van der Waals surface area contributed by atoms with Crippen LogP contribution in [0.4, 0.5) is 14.5 Å². The smallest absolute Gasteiger partial charge is 0.328 e. The molecule has 3 unspecified atom stereocenters. The van der Waals surface area contributed by atoms with Gasteiger partial charge in [-0.15, -0.1) is 0 Å². The van der Waals surface area contributed by atoms with E-state index in [2.05, 4.69) is 9.98 Å². The van der Waals surface area contributed by atoms with Gasteiger partial charge in [0.25, 0.3) is 0 Å². The highest BCUT2D eigenvalue weighted by Crippen LogP contribution is 2.41. The number of hydrogen-bond acceptors (Lipinski definition) is 8. The molecule has 2 heterocycles. The average molecular weight is 438 g/mol. The van der Waals surface area contributed by atoms with Crippen LogP contribution in [0.1, 0.15) is 25.6 Å². The molecule has 0 fully saturated rings. The van der Waals surface area contributed by atoms with Crippen molar-refractivity contribution in [1.29, 1.82) is 0 Å². The second-order valence-corrected chi connectivity index (χ2v) is 7.96. The summed E-state index contributed by atoms with van der Waals surface area (Å²) in [5.74, 6) is -9.73. The van der Waals surface area contributed by atoms with Crippen molar-refractivity contribution in [3.8, 4) is 5.75 Å². The van der Waals surface area contributed by atoms with E-state index in [-0.39, 0.29) is 5.75 Å². The van der Waals surface area contributed by atoms with E-state index in [0.29, 0.717) is 30.2 Å². The number of alkyl halides is 1. The van der Waals surface area contributed by atoms with Crippen molar-refractivity contribution in [2.75, 3.05) is 25.5 Å². The lowest BCUT2D eigenvalue weighted by molar-refractivity contribution is -0.262. The molecule has 0 radical (unpaired) electrons. The number of carbonyl (C=O) groups is 1. The molecule has 2 aliphatic rings. The van der Waals surface area contributed by atoms with Crippen LogP contribution in [-0.2, 0) is 4.79 Å². The number of ether oxygens (including phenoxy) is 1. The van der Waals surface area contributed by atoms with Crippen molar-refractivity contribution in [2.24, 2.45) is 9.98 Å². The first kappa shape index (κ1) is 22.8. The van der Waals surface area contributed by atoms with Crippen LogP contribution in [0.15, 0.2) is 40.2 Å². The summed E-state index contributed by atoms with van der Waals surface area (Å²) in [6, 6.07) is 4.36. The van der Waals surface area contributed by atoms with Gasteiger partial charge in [-0.2, -0.15) is 4.39 Å². The summed E-state index contributed by atoms with van der Waals surface area (Å²) in [6.07, 6.45) is 1.87. The van der Waals surface area contributed by atoms with E-state index in [1.54, 1.807) is 31.3 Å². The van der Waals surface area contributed by atoms with Gasteiger partial charge in [-0.1, -0.05) is 0 Å². The number of hydrogen-bond donors (Lipinski definition) is 3. The number of aliphatic carboxylic acids is 1. The van der Waals surface area contributed by atoms with Crippen molar-refractivity contribution in [3.05, 3.63) is 35.8 Å². The molecule has 1 aromatic rings. The largest absolute Gasteiger partial charge is 0.480 e. The van der Waals surface area contributed by atoms with Crippen molar-refractivity contribution in [3.63, 3.8) is 0 Å². The normalized spacial score (nSPS) is 28.5. The standard InChI is InChI=1S/C20H24F2N4O5/c1-18(2,17(27)28)26(4)12-5-6-14(13(9-12)16-24-7-8-25(16)3)31-20(30)15(21)10-23-11-19(20,22)29/h5-7,9-11,16,29-30H,8H2,1-4H3,(H,27,28). The number of halogens is 2. The Hall–Kier alpha value is -2.89. The Labute approximate surface area is 177 Å². The highest BCUT2D eigenvalue weighted by Gasteiger charge is 2.58. The molecule has 3 atom stereocenters. The zero-order valence-electron chi connectivity index (χ0n) is 17.5. The summed E-state index contributed by atoms with van der Waals surface area (Å²) in [4.78, 5) is 22.5. The quantitative estimate of drug-likeness (QED) is 0.578. The topological polar surface area (TPSA) is 118 Å². The number of carboxylic acids is 1. The average Bonchev–Trinajstić information content (AvgIpc) is 3.11. The molecule has 0 saturated carbocycles. The molecule has 0 saturated heterocycles. The predicted molar refractivity (Wildman–Crippen MR) is 110 cm³/mol. The van der Waals surface area contributed by atoms with Crippen molar-refractivity contribution in [1.82, 2.24) is 4.90 Å². The fourth-order valence-corrected chi connectivity index (χ4v) is 3.14. The first-order valence-corrected chi connectivity index (χ1v) is 9.37. The molecule has 3 N–H and O–H groups in total. The van der Waals surface area contributed by atoms with Crippen molar-refractivity contribution < 1.29 is 33.6 Å². The van der Waals surface area contributed by atoms with Gasteiger partial charge in [-0.3, -0.25) is 14.9 Å². The van der Waals surface area contributed by atoms with Crippen LogP contribution >= 0.6 is 0 Å². The number of rotatable bonds is 6. The van der Waals surface area contributed by atoms with Crippen LogP contribution in [0.2, 0.25) is 0 Å². The Morgan fingerprint density at radius 1 is 1.39 bits per heavy atom. The van der Waals surface area contributed by atoms with E-state index >= 15 is 0 Å². The summed E-state index contributed by atoms with van der Waals surface area (Å²) >= 11 is 0. The molecule has 3 rings (SSSR count). The summed E-state index contributed by atoms with van der Waals surface area (Å²) in [5, 5.41) is 29.9. The molecule has 0 bridgehead atoms. The van der Waals surface area contributed by atoms with Crippen molar-refractivity contribution >= 4 is 24.1 Å². The minimum atomic E-state index is -3.63. The maximum atomic E-state index is 14.5. The summed E-state index contributed by atoms with van der Waals surface area (Å²) in [5.41, 5.74) is -0.494. The predicted octanol–water partition coefficient (Wildman–Crippen LogP) is 1.62. The van der Waals surface area contributed by atoms with E-state index in [4.69, 9.17) is 4.74 Å². The Bertz CT molecular complexity index is 978. The van der Waals surface area contributed by atoms with Crippen LogP contribution in [0.25, 0.3) is 0 Å². The lowest BCUT2D eigenvalue weighted by atomic mass is 10.0. The molecule has 0 spiro atoms. The first-order valence-electron chi connectivity index (χ1n) is 9.37. The first-order chi connectivity index (χ1) is 14.3. The molecule has 31 heavy (non-hydrogen) atoms. The van der Waals surface area contributed by atoms with Gasteiger partial charge >= 0.3 is 17.6 Å². The third-order valence-corrected chi connectivity index (χ3v) is 5.54. The molecule has 0 aliphatic carbocycles. The second kappa shape index (κ2) is 7.66. The molecule has 11 heteroatoms. The third-order valence-electron chi connectivity index (χ3n) is 5.54. The summed E-state index contributed by atoms with van der Waals surface area (Å²) < 4.78 is 34.1. The highest BCUT2D eigenvalue weighted by atomic mass is 19.2. The van der Waals surface area contributed by atoms with E-state index < -0.39 is 35.1 Å². The van der Waals surface area contributed by atoms with Crippen molar-refractivity contribution in [2.45, 2.75) is 37.2 Å². The highest BCUT2D eigenvalue weighted by molar-refractivity contribution is 5.82. The van der Waals surface area contributed by atoms with Crippen LogP contribution in [0, 0.1) is 0 Å². The number of likely N-dealkylation sites (N-methyl/N-ethyl adjacent to an activating group) is 1. The van der Waals surface area contributed by atoms with E-state index in [1.165, 1.54) is 30.9 Å². The Balaban J connectivity index is 2.09. The van der Waals surface area contributed by atoms with E-state index in [9.17, 15) is 28.9 Å². The zero-order chi connectivity index (χ0) is 23.2. The van der Waals surface area contributed by atoms with Gasteiger partial charge in [-0.25, -0.2) is 9.18 Å². The maximum Gasteiger partial charge on any atom is 0.328 e. The van der Waals surface area contributed by atoms with Crippen LogP contribution in [-0.4, -0.2) is 76.4 Å². The monoisotopic (exact) mass is 438 g/mol. The SMILES string of the molecule is CN1CC=NC1c1cc(N(C)C(C)(C)C(=O)O)ccc1OC1(O)C(F)=CN=CC1(O)F. The van der Waals surface area contributed by atoms with Crippen LogP contribution in [0.5, 0.6) is 5.75 Å². The number of benzene rings is 1. The molecule has 2 aliphatic heterocycles. The molecule has 168 valence electrons. The van der Waals surface area contributed by atoms with Gasteiger partial charge in [0.05, 0.1) is 12.4 Å². The molecule has 9 nitrogen and oxygen atoms in total. The number of nitrogens with zero attached hydrogens (tertiary/aromatic N) is 4. The summed E-state index contributed by atoms with van der Waals surface area (Å²) in [7, 11) is 3.34. The number of aliphatic hydroxyl groups is 2. The van der Waals surface area contributed by atoms with Gasteiger partial charge in [0, 0.05) is 31.1 Å².